The Balaban J connectivity index is 1.53. The van der Waals surface area contributed by atoms with Gasteiger partial charge in [0, 0.05) is 17.1 Å². The minimum absolute atomic E-state index is 0.0607. The molecule has 0 unspecified atom stereocenters. The molecule has 0 bridgehead atoms. The average Bonchev–Trinajstić information content (AvgIpc) is 2.64. The van der Waals surface area contributed by atoms with E-state index in [9.17, 15) is 12.8 Å². The smallest absolute Gasteiger partial charge is 0.232 e. The number of anilines is 3. The number of benzene rings is 3. The zero-order valence-electron chi connectivity index (χ0n) is 14.7. The molecule has 2 N–H and O–H groups in total. The molecule has 3 rings (SSSR count). The zero-order chi connectivity index (χ0) is 19.1. The second-order valence-corrected chi connectivity index (χ2v) is 8.06. The van der Waals surface area contributed by atoms with Crippen LogP contribution in [0.1, 0.15) is 12.0 Å². The fourth-order valence-electron chi connectivity index (χ4n) is 2.70. The largest absolute Gasteiger partial charge is 0.355 e. The average molecular weight is 384 g/mol. The molecule has 27 heavy (non-hydrogen) atoms. The van der Waals surface area contributed by atoms with Crippen LogP contribution in [0.15, 0.2) is 78.9 Å². The predicted molar refractivity (Wildman–Crippen MR) is 108 cm³/mol. The van der Waals surface area contributed by atoms with Crippen molar-refractivity contribution in [3.8, 4) is 0 Å². The maximum Gasteiger partial charge on any atom is 0.232 e. The standard InChI is InChI=1S/C21H21FN2O2S/c22-18-9-4-10-21(16-18)23-19-11-13-20(14-12-19)24-27(25,26)15-5-8-17-6-2-1-3-7-17/h1-4,6-7,9-14,16,23-24H,5,8,15H2. The van der Waals surface area contributed by atoms with E-state index in [2.05, 4.69) is 10.0 Å². The summed E-state index contributed by atoms with van der Waals surface area (Å²) in [4.78, 5) is 0. The molecule has 0 aliphatic carbocycles. The molecule has 140 valence electrons. The molecular formula is C21H21FN2O2S. The van der Waals surface area contributed by atoms with Gasteiger partial charge in [-0.2, -0.15) is 0 Å². The predicted octanol–water partition coefficient (Wildman–Crippen LogP) is 4.94. The van der Waals surface area contributed by atoms with Crippen LogP contribution in [-0.4, -0.2) is 14.2 Å². The molecule has 0 saturated carbocycles. The monoisotopic (exact) mass is 384 g/mol. The summed E-state index contributed by atoms with van der Waals surface area (Å²) in [5, 5.41) is 3.07. The molecule has 0 aromatic heterocycles. The Kier molecular flexibility index (Phi) is 6.08. The van der Waals surface area contributed by atoms with Gasteiger partial charge in [0.2, 0.25) is 10.0 Å². The molecule has 0 amide bonds. The van der Waals surface area contributed by atoms with Crippen molar-refractivity contribution in [3.63, 3.8) is 0 Å². The van der Waals surface area contributed by atoms with Crippen LogP contribution in [0.3, 0.4) is 0 Å². The van der Waals surface area contributed by atoms with Gasteiger partial charge < -0.3 is 5.32 Å². The van der Waals surface area contributed by atoms with E-state index in [4.69, 9.17) is 0 Å². The molecule has 0 atom stereocenters. The normalized spacial score (nSPS) is 11.1. The minimum atomic E-state index is -3.40. The first kappa shape index (κ1) is 18.9. The maximum atomic E-state index is 13.2. The lowest BCUT2D eigenvalue weighted by Gasteiger charge is -2.10. The lowest BCUT2D eigenvalue weighted by molar-refractivity contribution is 0.598. The first-order chi connectivity index (χ1) is 13.0. The molecule has 4 nitrogen and oxygen atoms in total. The highest BCUT2D eigenvalue weighted by Crippen LogP contribution is 2.20. The van der Waals surface area contributed by atoms with Gasteiger partial charge in [-0.3, -0.25) is 4.72 Å². The third-order valence-corrected chi connectivity index (χ3v) is 5.37. The fourth-order valence-corrected chi connectivity index (χ4v) is 3.82. The summed E-state index contributed by atoms with van der Waals surface area (Å²) >= 11 is 0. The van der Waals surface area contributed by atoms with E-state index in [1.807, 2.05) is 30.3 Å². The van der Waals surface area contributed by atoms with E-state index < -0.39 is 10.0 Å². The van der Waals surface area contributed by atoms with Crippen LogP contribution >= 0.6 is 0 Å². The molecule has 3 aromatic rings. The van der Waals surface area contributed by atoms with Crippen molar-refractivity contribution in [1.82, 2.24) is 0 Å². The number of rotatable bonds is 8. The maximum absolute atomic E-state index is 13.2. The van der Waals surface area contributed by atoms with Crippen molar-refractivity contribution in [1.29, 1.82) is 0 Å². The van der Waals surface area contributed by atoms with Gasteiger partial charge in [-0.25, -0.2) is 12.8 Å². The van der Waals surface area contributed by atoms with Crippen molar-refractivity contribution in [3.05, 3.63) is 90.2 Å². The molecular weight excluding hydrogens is 363 g/mol. The van der Waals surface area contributed by atoms with Crippen molar-refractivity contribution in [2.75, 3.05) is 15.8 Å². The Hall–Kier alpha value is -2.86. The highest BCUT2D eigenvalue weighted by atomic mass is 32.2. The second kappa shape index (κ2) is 8.68. The van der Waals surface area contributed by atoms with Gasteiger partial charge in [-0.15, -0.1) is 0 Å². The second-order valence-electron chi connectivity index (χ2n) is 6.22. The van der Waals surface area contributed by atoms with Crippen molar-refractivity contribution < 1.29 is 12.8 Å². The van der Waals surface area contributed by atoms with Crippen molar-refractivity contribution in [2.24, 2.45) is 0 Å². The number of aryl methyl sites for hydroxylation is 1. The molecule has 0 spiro atoms. The van der Waals surface area contributed by atoms with Gasteiger partial charge >= 0.3 is 0 Å². The quantitative estimate of drug-likeness (QED) is 0.578. The fraction of sp³-hybridized carbons (Fsp3) is 0.143. The number of hydrogen-bond donors (Lipinski definition) is 2. The summed E-state index contributed by atoms with van der Waals surface area (Å²) in [5.74, 6) is -0.259. The van der Waals surface area contributed by atoms with Gasteiger partial charge in [0.1, 0.15) is 5.82 Å². The number of sulfonamides is 1. The summed E-state index contributed by atoms with van der Waals surface area (Å²) in [6.07, 6.45) is 1.27. The minimum Gasteiger partial charge on any atom is -0.355 e. The molecule has 0 aliphatic rings. The van der Waals surface area contributed by atoms with E-state index in [0.717, 1.165) is 17.7 Å². The zero-order valence-corrected chi connectivity index (χ0v) is 15.5. The Morgan fingerprint density at radius 3 is 2.19 bits per heavy atom. The molecule has 0 heterocycles. The highest BCUT2D eigenvalue weighted by molar-refractivity contribution is 7.92. The van der Waals surface area contributed by atoms with Crippen LogP contribution in [0.5, 0.6) is 0 Å². The van der Waals surface area contributed by atoms with Crippen LogP contribution in [0.4, 0.5) is 21.5 Å². The number of hydrogen-bond acceptors (Lipinski definition) is 3. The SMILES string of the molecule is O=S(=O)(CCCc1ccccc1)Nc1ccc(Nc2cccc(F)c2)cc1. The van der Waals surface area contributed by atoms with Crippen molar-refractivity contribution >= 4 is 27.1 Å². The van der Waals surface area contributed by atoms with Gasteiger partial charge in [-0.05, 0) is 60.9 Å². The van der Waals surface area contributed by atoms with Crippen LogP contribution < -0.4 is 10.0 Å². The number of nitrogens with one attached hydrogen (secondary N) is 2. The van der Waals surface area contributed by atoms with Crippen LogP contribution in [0.25, 0.3) is 0 Å². The summed E-state index contributed by atoms with van der Waals surface area (Å²) < 4.78 is 40.3. The molecule has 0 aliphatic heterocycles. The summed E-state index contributed by atoms with van der Waals surface area (Å²) in [6.45, 7) is 0. The molecule has 0 saturated heterocycles. The molecule has 0 fully saturated rings. The van der Waals surface area contributed by atoms with Gasteiger partial charge in [0.15, 0.2) is 0 Å². The highest BCUT2D eigenvalue weighted by Gasteiger charge is 2.10. The van der Waals surface area contributed by atoms with E-state index in [1.165, 1.54) is 12.1 Å². The Morgan fingerprint density at radius 2 is 1.48 bits per heavy atom. The topological polar surface area (TPSA) is 58.2 Å². The lowest BCUT2D eigenvalue weighted by atomic mass is 10.1. The van der Waals surface area contributed by atoms with Gasteiger partial charge in [0.05, 0.1) is 5.75 Å². The van der Waals surface area contributed by atoms with E-state index in [0.29, 0.717) is 17.8 Å². The Labute approximate surface area is 159 Å². The summed E-state index contributed by atoms with van der Waals surface area (Å²) in [7, 11) is -3.40. The van der Waals surface area contributed by atoms with Crippen LogP contribution in [0.2, 0.25) is 0 Å². The summed E-state index contributed by atoms with van der Waals surface area (Å²) in [6, 6.07) is 22.8. The van der Waals surface area contributed by atoms with E-state index >= 15 is 0 Å². The third-order valence-electron chi connectivity index (χ3n) is 3.99. The molecule has 6 heteroatoms. The van der Waals surface area contributed by atoms with E-state index in [1.54, 1.807) is 36.4 Å². The molecule has 3 aromatic carbocycles. The first-order valence-electron chi connectivity index (χ1n) is 8.67. The third kappa shape index (κ3) is 6.11. The Morgan fingerprint density at radius 1 is 0.778 bits per heavy atom. The van der Waals surface area contributed by atoms with E-state index in [-0.39, 0.29) is 11.6 Å². The summed E-state index contributed by atoms with van der Waals surface area (Å²) in [5.41, 5.74) is 3.00. The van der Waals surface area contributed by atoms with Crippen molar-refractivity contribution in [2.45, 2.75) is 12.8 Å². The first-order valence-corrected chi connectivity index (χ1v) is 10.3. The lowest BCUT2D eigenvalue weighted by Crippen LogP contribution is -2.17. The van der Waals surface area contributed by atoms with Gasteiger partial charge in [-0.1, -0.05) is 36.4 Å². The van der Waals surface area contributed by atoms with Crippen LogP contribution in [0, 0.1) is 5.82 Å². The Bertz CT molecular complexity index is 975. The van der Waals surface area contributed by atoms with Gasteiger partial charge in [0.25, 0.3) is 0 Å². The number of halogens is 1. The van der Waals surface area contributed by atoms with Crippen LogP contribution in [-0.2, 0) is 16.4 Å². The molecule has 0 radical (unpaired) electrons.